The molecule has 0 aliphatic heterocycles. The standard InChI is InChI=1S/C23H22Cl3NO3/c1-14-7-9-16(10-8-14)29-17-6-4-5-15(11-17)19(13-27)30-21(28)20-18(22(20,2)3)12-23(24,25)26/h4-11,18-20H,12H2,1-3H3. The van der Waals surface area contributed by atoms with E-state index in [1.54, 1.807) is 24.3 Å². The van der Waals surface area contributed by atoms with Crippen LogP contribution in [0.4, 0.5) is 0 Å². The highest BCUT2D eigenvalue weighted by molar-refractivity contribution is 6.67. The van der Waals surface area contributed by atoms with Crippen LogP contribution in [0.15, 0.2) is 48.5 Å². The Hall–Kier alpha value is -1.93. The minimum atomic E-state index is -1.44. The van der Waals surface area contributed by atoms with E-state index in [1.807, 2.05) is 51.1 Å². The number of halogens is 3. The van der Waals surface area contributed by atoms with Crippen LogP contribution in [0.2, 0.25) is 0 Å². The highest BCUT2D eigenvalue weighted by atomic mass is 35.6. The van der Waals surface area contributed by atoms with Crippen molar-refractivity contribution in [1.29, 1.82) is 5.26 Å². The van der Waals surface area contributed by atoms with Crippen molar-refractivity contribution in [1.82, 2.24) is 0 Å². The lowest BCUT2D eigenvalue weighted by molar-refractivity contribution is -0.149. The zero-order chi connectivity index (χ0) is 22.1. The fourth-order valence-electron chi connectivity index (χ4n) is 3.68. The number of alkyl halides is 3. The van der Waals surface area contributed by atoms with Gasteiger partial charge in [0.1, 0.15) is 17.6 Å². The van der Waals surface area contributed by atoms with Crippen LogP contribution in [-0.4, -0.2) is 9.76 Å². The van der Waals surface area contributed by atoms with Gasteiger partial charge in [-0.1, -0.05) is 78.5 Å². The molecular weight excluding hydrogens is 445 g/mol. The van der Waals surface area contributed by atoms with E-state index in [2.05, 4.69) is 0 Å². The molecule has 0 radical (unpaired) electrons. The summed E-state index contributed by atoms with van der Waals surface area (Å²) in [5.41, 5.74) is 1.31. The van der Waals surface area contributed by atoms with Gasteiger partial charge in [0, 0.05) is 5.56 Å². The third kappa shape index (κ3) is 5.40. The molecule has 1 aliphatic rings. The molecule has 0 bridgehead atoms. The normalized spacial score (nSPS) is 20.7. The molecule has 7 heteroatoms. The molecule has 1 fully saturated rings. The van der Waals surface area contributed by atoms with Crippen LogP contribution >= 0.6 is 34.8 Å². The zero-order valence-corrected chi connectivity index (χ0v) is 19.1. The summed E-state index contributed by atoms with van der Waals surface area (Å²) >= 11 is 17.7. The van der Waals surface area contributed by atoms with Gasteiger partial charge in [0.25, 0.3) is 0 Å². The molecule has 0 N–H and O–H groups in total. The molecule has 3 unspecified atom stereocenters. The highest BCUT2D eigenvalue weighted by Crippen LogP contribution is 2.63. The van der Waals surface area contributed by atoms with Gasteiger partial charge in [-0.3, -0.25) is 4.79 Å². The minimum absolute atomic E-state index is 0.118. The molecule has 2 aromatic rings. The van der Waals surface area contributed by atoms with Crippen molar-refractivity contribution in [3.05, 3.63) is 59.7 Å². The molecular formula is C23H22Cl3NO3. The molecule has 0 heterocycles. The van der Waals surface area contributed by atoms with E-state index in [0.29, 0.717) is 17.1 Å². The molecule has 158 valence electrons. The van der Waals surface area contributed by atoms with Gasteiger partial charge in [-0.25, -0.2) is 0 Å². The first-order valence-electron chi connectivity index (χ1n) is 9.52. The molecule has 1 aliphatic carbocycles. The van der Waals surface area contributed by atoms with E-state index in [0.717, 1.165) is 5.56 Å². The van der Waals surface area contributed by atoms with E-state index >= 15 is 0 Å². The maximum Gasteiger partial charge on any atom is 0.311 e. The molecule has 2 aromatic carbocycles. The fourth-order valence-corrected chi connectivity index (χ4v) is 4.18. The van der Waals surface area contributed by atoms with Crippen molar-refractivity contribution in [3.8, 4) is 17.6 Å². The third-order valence-electron chi connectivity index (χ3n) is 5.52. The SMILES string of the molecule is Cc1ccc(Oc2cccc(C(C#N)OC(=O)C3C(CC(Cl)(Cl)Cl)C3(C)C)c2)cc1. The van der Waals surface area contributed by atoms with E-state index in [4.69, 9.17) is 44.3 Å². The van der Waals surface area contributed by atoms with E-state index < -0.39 is 21.8 Å². The minimum Gasteiger partial charge on any atom is -0.457 e. The number of hydrogen-bond donors (Lipinski definition) is 0. The Labute approximate surface area is 191 Å². The number of nitrogens with zero attached hydrogens (tertiary/aromatic N) is 1. The number of ether oxygens (including phenoxy) is 2. The topological polar surface area (TPSA) is 59.3 Å². The first kappa shape index (κ1) is 22.7. The summed E-state index contributed by atoms with van der Waals surface area (Å²) in [6, 6.07) is 16.6. The van der Waals surface area contributed by atoms with Crippen molar-refractivity contribution < 1.29 is 14.3 Å². The summed E-state index contributed by atoms with van der Waals surface area (Å²) in [6.07, 6.45) is -0.800. The zero-order valence-electron chi connectivity index (χ0n) is 16.9. The molecule has 0 spiro atoms. The average Bonchev–Trinajstić information content (AvgIpc) is 3.19. The summed E-state index contributed by atoms with van der Waals surface area (Å²) in [5, 5.41) is 9.59. The van der Waals surface area contributed by atoms with Crippen LogP contribution in [0, 0.1) is 35.5 Å². The van der Waals surface area contributed by atoms with Gasteiger partial charge in [-0.05, 0) is 48.9 Å². The summed E-state index contributed by atoms with van der Waals surface area (Å²) in [7, 11) is 0. The number of nitriles is 1. The largest absolute Gasteiger partial charge is 0.457 e. The lowest BCUT2D eigenvalue weighted by atomic mass is 10.1. The molecule has 3 atom stereocenters. The van der Waals surface area contributed by atoms with Crippen LogP contribution < -0.4 is 4.74 Å². The third-order valence-corrected chi connectivity index (χ3v) is 5.99. The number of carbonyl (C=O) groups is 1. The summed E-state index contributed by atoms with van der Waals surface area (Å²) in [6.45, 7) is 5.85. The van der Waals surface area contributed by atoms with Crippen LogP contribution in [-0.2, 0) is 9.53 Å². The van der Waals surface area contributed by atoms with Crippen molar-refractivity contribution in [2.75, 3.05) is 0 Å². The van der Waals surface area contributed by atoms with Gasteiger partial charge in [-0.2, -0.15) is 5.26 Å². The van der Waals surface area contributed by atoms with Crippen LogP contribution in [0.5, 0.6) is 11.5 Å². The predicted octanol–water partition coefficient (Wildman–Crippen LogP) is 6.93. The molecule has 30 heavy (non-hydrogen) atoms. The van der Waals surface area contributed by atoms with Crippen molar-refractivity contribution >= 4 is 40.8 Å². The van der Waals surface area contributed by atoms with Crippen LogP contribution in [0.1, 0.15) is 37.5 Å². The van der Waals surface area contributed by atoms with Gasteiger partial charge < -0.3 is 9.47 Å². The number of rotatable bonds is 6. The van der Waals surface area contributed by atoms with Gasteiger partial charge in [0.15, 0.2) is 3.79 Å². The second-order valence-electron chi connectivity index (χ2n) is 8.16. The lowest BCUT2D eigenvalue weighted by Gasteiger charge is -2.14. The molecule has 3 rings (SSSR count). The Morgan fingerprint density at radius 2 is 1.83 bits per heavy atom. The van der Waals surface area contributed by atoms with Crippen molar-refractivity contribution in [3.63, 3.8) is 0 Å². The quantitative estimate of drug-likeness (QED) is 0.342. The Balaban J connectivity index is 1.70. The molecule has 0 saturated heterocycles. The highest BCUT2D eigenvalue weighted by Gasteiger charge is 2.64. The fraction of sp³-hybridized carbons (Fsp3) is 0.391. The molecule has 0 aromatic heterocycles. The Morgan fingerprint density at radius 1 is 1.17 bits per heavy atom. The first-order valence-corrected chi connectivity index (χ1v) is 10.7. The Morgan fingerprint density at radius 3 is 2.43 bits per heavy atom. The summed E-state index contributed by atoms with van der Waals surface area (Å²) in [5.74, 6) is 0.227. The van der Waals surface area contributed by atoms with Gasteiger partial charge >= 0.3 is 5.97 Å². The summed E-state index contributed by atoms with van der Waals surface area (Å²) in [4.78, 5) is 12.7. The lowest BCUT2D eigenvalue weighted by Crippen LogP contribution is -2.15. The second kappa shape index (κ2) is 8.67. The molecule has 0 amide bonds. The maximum atomic E-state index is 12.7. The average molecular weight is 467 g/mol. The smallest absolute Gasteiger partial charge is 0.311 e. The number of esters is 1. The van der Waals surface area contributed by atoms with E-state index in [9.17, 15) is 10.1 Å². The summed E-state index contributed by atoms with van der Waals surface area (Å²) < 4.78 is 9.93. The Bertz CT molecular complexity index is 961. The van der Waals surface area contributed by atoms with E-state index in [1.165, 1.54) is 0 Å². The monoisotopic (exact) mass is 465 g/mol. The maximum absolute atomic E-state index is 12.7. The van der Waals surface area contributed by atoms with Crippen LogP contribution in [0.25, 0.3) is 0 Å². The predicted molar refractivity (Wildman–Crippen MR) is 118 cm³/mol. The molecule has 1 saturated carbocycles. The van der Waals surface area contributed by atoms with Gasteiger partial charge in [0.05, 0.1) is 5.92 Å². The van der Waals surface area contributed by atoms with E-state index in [-0.39, 0.29) is 17.8 Å². The number of benzene rings is 2. The number of carbonyl (C=O) groups excluding carboxylic acids is 1. The molecule has 4 nitrogen and oxygen atoms in total. The van der Waals surface area contributed by atoms with Gasteiger partial charge in [-0.15, -0.1) is 0 Å². The van der Waals surface area contributed by atoms with Crippen LogP contribution in [0.3, 0.4) is 0 Å². The Kier molecular flexibility index (Phi) is 6.57. The second-order valence-corrected chi connectivity index (χ2v) is 10.7. The number of aryl methyl sites for hydroxylation is 1. The van der Waals surface area contributed by atoms with Crippen molar-refractivity contribution in [2.24, 2.45) is 17.3 Å². The van der Waals surface area contributed by atoms with Gasteiger partial charge in [0.2, 0.25) is 6.10 Å². The van der Waals surface area contributed by atoms with Crippen molar-refractivity contribution in [2.45, 2.75) is 37.1 Å². The number of hydrogen-bond acceptors (Lipinski definition) is 4. The first-order chi connectivity index (χ1) is 14.0.